The monoisotopic (exact) mass is 628 g/mol. The summed E-state index contributed by atoms with van der Waals surface area (Å²) in [6.07, 6.45) is 9.27. The average Bonchev–Trinajstić information content (AvgIpc) is 2.98. The van der Waals surface area contributed by atoms with Crippen molar-refractivity contribution in [1.82, 2.24) is 4.90 Å². The number of alkyl halides is 3. The van der Waals surface area contributed by atoms with Gasteiger partial charge in [0.25, 0.3) is 5.91 Å². The van der Waals surface area contributed by atoms with E-state index in [2.05, 4.69) is 6.92 Å². The quantitative estimate of drug-likeness (QED) is 0.118. The Morgan fingerprint density at radius 3 is 1.52 bits per heavy atom. The largest absolute Gasteiger partial charge is 0.481 e. The third kappa shape index (κ3) is 12.5. The van der Waals surface area contributed by atoms with Gasteiger partial charge in [-0.25, -0.2) is 4.79 Å². The first-order valence-electron chi connectivity index (χ1n) is 16.1. The standard InChI is InChI=1S/C33H51F3N2O6/c1-4-7-8-9-10-11-12-13-14-15-16-17-18-19-24-37(30(42)33(34,35)36)27-22-20-26(21-23-27)29(41)38(6-3)32(5-2,31(43)44)25-28(39)40/h20-23H,4-19,24-25H2,1-3H3,(H,39,40)(H,43,44)/t32-/m0/s1. The Morgan fingerprint density at radius 2 is 1.16 bits per heavy atom. The van der Waals surface area contributed by atoms with E-state index in [0.717, 1.165) is 30.6 Å². The van der Waals surface area contributed by atoms with Crippen LogP contribution in [0.15, 0.2) is 24.3 Å². The molecule has 1 rings (SSSR count). The number of amides is 2. The zero-order chi connectivity index (χ0) is 33.2. The second-order valence-electron chi connectivity index (χ2n) is 11.4. The van der Waals surface area contributed by atoms with Crippen LogP contribution in [0.25, 0.3) is 0 Å². The molecular formula is C33H51F3N2O6. The van der Waals surface area contributed by atoms with Gasteiger partial charge in [0.05, 0.1) is 6.42 Å². The van der Waals surface area contributed by atoms with Gasteiger partial charge in [0, 0.05) is 24.3 Å². The van der Waals surface area contributed by atoms with Gasteiger partial charge in [-0.15, -0.1) is 0 Å². The molecule has 1 aromatic rings. The molecule has 44 heavy (non-hydrogen) atoms. The Hall–Kier alpha value is -3.11. The molecule has 0 saturated carbocycles. The van der Waals surface area contributed by atoms with Crippen molar-refractivity contribution in [2.75, 3.05) is 18.0 Å². The number of aliphatic carboxylic acids is 2. The van der Waals surface area contributed by atoms with Gasteiger partial charge in [0.1, 0.15) is 0 Å². The number of rotatable bonds is 23. The van der Waals surface area contributed by atoms with Crippen LogP contribution in [-0.2, 0) is 14.4 Å². The van der Waals surface area contributed by atoms with Gasteiger partial charge in [-0.1, -0.05) is 97.3 Å². The zero-order valence-electron chi connectivity index (χ0n) is 26.6. The molecule has 1 aromatic carbocycles. The van der Waals surface area contributed by atoms with Crippen molar-refractivity contribution >= 4 is 29.4 Å². The molecule has 0 aromatic heterocycles. The van der Waals surface area contributed by atoms with Crippen LogP contribution < -0.4 is 4.90 Å². The van der Waals surface area contributed by atoms with Gasteiger partial charge in [-0.05, 0) is 44.0 Å². The van der Waals surface area contributed by atoms with Crippen LogP contribution in [0.3, 0.4) is 0 Å². The summed E-state index contributed by atoms with van der Waals surface area (Å²) in [5.74, 6) is -5.63. The third-order valence-electron chi connectivity index (χ3n) is 8.15. The number of likely N-dealkylation sites (N-methyl/N-ethyl adjacent to an activating group) is 1. The van der Waals surface area contributed by atoms with Gasteiger partial charge >= 0.3 is 24.0 Å². The maximum absolute atomic E-state index is 13.4. The van der Waals surface area contributed by atoms with Crippen molar-refractivity contribution < 1.29 is 42.6 Å². The second-order valence-corrected chi connectivity index (χ2v) is 11.4. The lowest BCUT2D eigenvalue weighted by molar-refractivity contribution is -0.170. The first-order valence-corrected chi connectivity index (χ1v) is 16.1. The summed E-state index contributed by atoms with van der Waals surface area (Å²) in [6.45, 7) is 4.95. The molecular weight excluding hydrogens is 577 g/mol. The fraction of sp³-hybridized carbons (Fsp3) is 0.697. The molecule has 0 bridgehead atoms. The summed E-state index contributed by atoms with van der Waals surface area (Å²) >= 11 is 0. The van der Waals surface area contributed by atoms with Crippen molar-refractivity contribution in [3.8, 4) is 0 Å². The molecule has 0 aliphatic heterocycles. The lowest BCUT2D eigenvalue weighted by Crippen LogP contribution is -2.57. The number of benzene rings is 1. The molecule has 0 saturated heterocycles. The maximum atomic E-state index is 13.4. The highest BCUT2D eigenvalue weighted by Crippen LogP contribution is 2.29. The third-order valence-corrected chi connectivity index (χ3v) is 8.15. The minimum Gasteiger partial charge on any atom is -0.481 e. The van der Waals surface area contributed by atoms with E-state index >= 15 is 0 Å². The molecule has 11 heteroatoms. The van der Waals surface area contributed by atoms with Crippen molar-refractivity contribution in [2.45, 2.75) is 135 Å². The molecule has 0 spiro atoms. The number of carboxylic acid groups (broad SMARTS) is 2. The maximum Gasteiger partial charge on any atom is 0.471 e. The van der Waals surface area contributed by atoms with Crippen LogP contribution in [-0.4, -0.2) is 63.7 Å². The van der Waals surface area contributed by atoms with Crippen LogP contribution in [0.1, 0.15) is 134 Å². The van der Waals surface area contributed by atoms with Crippen LogP contribution >= 0.6 is 0 Å². The lowest BCUT2D eigenvalue weighted by Gasteiger charge is -2.38. The van der Waals surface area contributed by atoms with Crippen molar-refractivity contribution in [3.63, 3.8) is 0 Å². The summed E-state index contributed by atoms with van der Waals surface area (Å²) in [5, 5.41) is 19.2. The fourth-order valence-electron chi connectivity index (χ4n) is 5.55. The minimum absolute atomic E-state index is 0.0315. The smallest absolute Gasteiger partial charge is 0.471 e. The molecule has 0 unspecified atom stereocenters. The lowest BCUT2D eigenvalue weighted by atomic mass is 9.89. The number of unbranched alkanes of at least 4 members (excludes halogenated alkanes) is 13. The SMILES string of the molecule is CCCCCCCCCCCCCCCCN(C(=O)C(F)(F)F)c1ccc(C(=O)N(CC)[C@@](CC)(CC(=O)O)C(=O)O)cc1. The van der Waals surface area contributed by atoms with Gasteiger partial charge in [0.2, 0.25) is 0 Å². The number of nitrogens with zero attached hydrogens (tertiary/aromatic N) is 2. The summed E-state index contributed by atoms with van der Waals surface area (Å²) in [5.41, 5.74) is -2.06. The van der Waals surface area contributed by atoms with Crippen LogP contribution in [0.4, 0.5) is 18.9 Å². The highest BCUT2D eigenvalue weighted by molar-refractivity contribution is 6.00. The number of carbonyl (C=O) groups excluding carboxylic acids is 2. The normalized spacial score (nSPS) is 12.9. The van der Waals surface area contributed by atoms with Gasteiger partial charge in [0.15, 0.2) is 5.54 Å². The summed E-state index contributed by atoms with van der Waals surface area (Å²) in [7, 11) is 0. The van der Waals surface area contributed by atoms with E-state index in [1.165, 1.54) is 89.5 Å². The van der Waals surface area contributed by atoms with Crippen LogP contribution in [0.2, 0.25) is 0 Å². The average molecular weight is 629 g/mol. The molecule has 0 heterocycles. The van der Waals surface area contributed by atoms with Gasteiger partial charge in [-0.3, -0.25) is 14.4 Å². The molecule has 8 nitrogen and oxygen atoms in total. The fourth-order valence-corrected chi connectivity index (χ4v) is 5.55. The predicted octanol–water partition coefficient (Wildman–Crippen LogP) is 8.23. The van der Waals surface area contributed by atoms with E-state index in [4.69, 9.17) is 0 Å². The Morgan fingerprint density at radius 1 is 0.705 bits per heavy atom. The minimum atomic E-state index is -5.08. The van der Waals surface area contributed by atoms with E-state index in [1.807, 2.05) is 0 Å². The Kier molecular flexibility index (Phi) is 17.7. The van der Waals surface area contributed by atoms with Crippen molar-refractivity contribution in [1.29, 1.82) is 0 Å². The number of carboxylic acids is 2. The highest BCUT2D eigenvalue weighted by Gasteiger charge is 2.47. The number of anilines is 1. The first kappa shape index (κ1) is 38.9. The molecule has 0 radical (unpaired) electrons. The summed E-state index contributed by atoms with van der Waals surface area (Å²) in [4.78, 5) is 50.7. The van der Waals surface area contributed by atoms with Crippen molar-refractivity contribution in [2.24, 2.45) is 0 Å². The van der Waals surface area contributed by atoms with E-state index in [-0.39, 0.29) is 30.8 Å². The zero-order valence-corrected chi connectivity index (χ0v) is 26.6. The van der Waals surface area contributed by atoms with Crippen molar-refractivity contribution in [3.05, 3.63) is 29.8 Å². The molecule has 0 fully saturated rings. The first-order chi connectivity index (χ1) is 20.8. The van der Waals surface area contributed by atoms with E-state index in [0.29, 0.717) is 17.7 Å². The number of hydrogen-bond donors (Lipinski definition) is 2. The van der Waals surface area contributed by atoms with Gasteiger partial charge < -0.3 is 20.0 Å². The van der Waals surface area contributed by atoms with E-state index in [9.17, 15) is 42.6 Å². The Bertz CT molecular complexity index is 1030. The summed E-state index contributed by atoms with van der Waals surface area (Å²) in [6, 6.07) is 4.90. The molecule has 0 aliphatic rings. The Balaban J connectivity index is 2.77. The second kappa shape index (κ2) is 20.0. The highest BCUT2D eigenvalue weighted by atomic mass is 19.4. The summed E-state index contributed by atoms with van der Waals surface area (Å²) < 4.78 is 40.3. The number of hydrogen-bond acceptors (Lipinski definition) is 4. The Labute approximate surface area is 260 Å². The van der Waals surface area contributed by atoms with Gasteiger partial charge in [-0.2, -0.15) is 13.2 Å². The van der Waals surface area contributed by atoms with Crippen LogP contribution in [0, 0.1) is 0 Å². The molecule has 0 aliphatic carbocycles. The number of halogens is 3. The molecule has 2 amide bonds. The number of carbonyl (C=O) groups is 4. The molecule has 250 valence electrons. The van der Waals surface area contributed by atoms with E-state index in [1.54, 1.807) is 0 Å². The predicted molar refractivity (Wildman–Crippen MR) is 165 cm³/mol. The van der Waals surface area contributed by atoms with Crippen LogP contribution in [0.5, 0.6) is 0 Å². The molecule has 2 N–H and O–H groups in total. The van der Waals surface area contributed by atoms with E-state index < -0.39 is 41.9 Å². The topological polar surface area (TPSA) is 115 Å². The molecule has 1 atom stereocenters.